The van der Waals surface area contributed by atoms with Gasteiger partial charge in [0, 0.05) is 28.9 Å². The average Bonchev–Trinajstić information content (AvgIpc) is 3.38. The number of anilines is 1. The maximum atomic E-state index is 15.6. The molecule has 3 aromatic carbocycles. The highest BCUT2D eigenvalue weighted by atomic mass is 32.2. The Morgan fingerprint density at radius 1 is 1.07 bits per heavy atom. The predicted octanol–water partition coefficient (Wildman–Crippen LogP) is 5.07. The third-order valence-corrected chi connectivity index (χ3v) is 7.59. The molecule has 202 valence electrons. The molecule has 0 fully saturated rings. The van der Waals surface area contributed by atoms with Crippen LogP contribution in [0.5, 0.6) is 11.5 Å². The minimum Gasteiger partial charge on any atom is -0.507 e. The summed E-state index contributed by atoms with van der Waals surface area (Å²) >= 11 is 0. The fourth-order valence-corrected chi connectivity index (χ4v) is 5.42. The molecule has 0 bridgehead atoms. The van der Waals surface area contributed by atoms with Crippen molar-refractivity contribution in [2.75, 3.05) is 11.8 Å². The largest absolute Gasteiger partial charge is 0.507 e. The van der Waals surface area contributed by atoms with Gasteiger partial charge in [-0.15, -0.1) is 0 Å². The molecule has 0 aliphatic carbocycles. The van der Waals surface area contributed by atoms with Gasteiger partial charge < -0.3 is 14.8 Å². The van der Waals surface area contributed by atoms with Crippen molar-refractivity contribution < 1.29 is 36.6 Å². The Morgan fingerprint density at radius 3 is 2.58 bits per heavy atom. The molecule has 0 amide bonds. The van der Waals surface area contributed by atoms with Gasteiger partial charge in [-0.05, 0) is 48.0 Å². The molecule has 3 N–H and O–H groups in total. The van der Waals surface area contributed by atoms with E-state index in [-0.39, 0.29) is 38.6 Å². The monoisotopic (exact) mass is 563 g/mol. The molecule has 5 rings (SSSR count). The number of sulfonamides is 1. The zero-order valence-corrected chi connectivity index (χ0v) is 21.4. The van der Waals surface area contributed by atoms with E-state index >= 15 is 4.39 Å². The highest BCUT2D eigenvalue weighted by molar-refractivity contribution is 7.92. The number of para-hydroxylation sites is 1. The van der Waals surface area contributed by atoms with Crippen molar-refractivity contribution in [3.8, 4) is 22.6 Å². The van der Waals surface area contributed by atoms with E-state index in [2.05, 4.69) is 14.7 Å². The fourth-order valence-electron chi connectivity index (χ4n) is 4.19. The van der Waals surface area contributed by atoms with Crippen LogP contribution in [0.3, 0.4) is 0 Å². The van der Waals surface area contributed by atoms with Gasteiger partial charge in [0.25, 0.3) is 10.0 Å². The topological polar surface area (TPSA) is 138 Å². The maximum absolute atomic E-state index is 15.6. The van der Waals surface area contributed by atoms with E-state index in [1.54, 1.807) is 12.1 Å². The number of carbonyl (C=O) groups is 2. The van der Waals surface area contributed by atoms with Gasteiger partial charge in [0.15, 0.2) is 12.1 Å². The van der Waals surface area contributed by atoms with Crippen LogP contribution in [-0.4, -0.2) is 42.7 Å². The molecular formula is C28H19F2N3O6S. The van der Waals surface area contributed by atoms with Gasteiger partial charge in [0.05, 0.1) is 23.9 Å². The Balaban J connectivity index is 1.55. The van der Waals surface area contributed by atoms with Gasteiger partial charge >= 0.3 is 0 Å². The lowest BCUT2D eigenvalue weighted by Gasteiger charge is -2.13. The number of halogens is 2. The number of pyridine rings is 1. The molecule has 0 saturated heterocycles. The van der Waals surface area contributed by atoms with Crippen molar-refractivity contribution in [1.29, 1.82) is 0 Å². The molecule has 0 saturated carbocycles. The van der Waals surface area contributed by atoms with Crippen LogP contribution in [0.25, 0.3) is 22.2 Å². The molecule has 9 nitrogen and oxygen atoms in total. The van der Waals surface area contributed by atoms with Gasteiger partial charge in [-0.1, -0.05) is 18.2 Å². The first kappa shape index (κ1) is 26.5. The molecule has 0 atom stereocenters. The fraction of sp³-hybridized carbons (Fsp3) is 0.0357. The SMILES string of the molecule is COc1ccccc1S(=O)(=O)Nc1ccc(F)c(C(=O)c2c[nH]c3ncc(-c4ccc(C=O)c(O)c4)cc23)c1F. The number of benzene rings is 3. The number of aromatic nitrogens is 2. The third kappa shape index (κ3) is 4.64. The second kappa shape index (κ2) is 10.2. The second-order valence-corrected chi connectivity index (χ2v) is 10.2. The number of H-pyrrole nitrogens is 1. The van der Waals surface area contributed by atoms with Crippen molar-refractivity contribution in [2.45, 2.75) is 4.90 Å². The molecule has 12 heteroatoms. The number of nitrogens with one attached hydrogen (secondary N) is 2. The minimum atomic E-state index is -4.37. The molecule has 0 radical (unpaired) electrons. The number of methoxy groups -OCH3 is 1. The van der Waals surface area contributed by atoms with E-state index in [1.165, 1.54) is 55.9 Å². The Morgan fingerprint density at radius 2 is 1.85 bits per heavy atom. The van der Waals surface area contributed by atoms with Crippen LogP contribution in [0.15, 0.2) is 78.0 Å². The summed E-state index contributed by atoms with van der Waals surface area (Å²) in [5.41, 5.74) is -0.479. The van der Waals surface area contributed by atoms with Gasteiger partial charge in [0.1, 0.15) is 27.9 Å². The van der Waals surface area contributed by atoms with Crippen molar-refractivity contribution in [1.82, 2.24) is 9.97 Å². The van der Waals surface area contributed by atoms with Gasteiger partial charge in [-0.25, -0.2) is 22.2 Å². The smallest absolute Gasteiger partial charge is 0.265 e. The Hall–Kier alpha value is -5.10. The number of phenolic OH excluding ortho intramolecular Hbond substituents is 1. The van der Waals surface area contributed by atoms with E-state index in [4.69, 9.17) is 4.74 Å². The molecule has 0 spiro atoms. The summed E-state index contributed by atoms with van der Waals surface area (Å²) in [5.74, 6) is -3.91. The number of carbonyl (C=O) groups excluding carboxylic acids is 2. The maximum Gasteiger partial charge on any atom is 0.265 e. The lowest BCUT2D eigenvalue weighted by molar-refractivity contribution is 0.103. The van der Waals surface area contributed by atoms with Gasteiger partial charge in [-0.3, -0.25) is 14.3 Å². The minimum absolute atomic E-state index is 0.00466. The highest BCUT2D eigenvalue weighted by Crippen LogP contribution is 2.32. The average molecular weight is 564 g/mol. The molecule has 0 unspecified atom stereocenters. The van der Waals surface area contributed by atoms with Crippen LogP contribution < -0.4 is 9.46 Å². The number of fused-ring (bicyclic) bond motifs is 1. The molecule has 2 aromatic heterocycles. The summed E-state index contributed by atoms with van der Waals surface area (Å²) in [5, 5.41) is 10.3. The summed E-state index contributed by atoms with van der Waals surface area (Å²) in [6.45, 7) is 0. The molecule has 5 aromatic rings. The normalized spacial score (nSPS) is 11.4. The summed E-state index contributed by atoms with van der Waals surface area (Å²) in [6.07, 6.45) is 3.19. The lowest BCUT2D eigenvalue weighted by Crippen LogP contribution is -2.17. The summed E-state index contributed by atoms with van der Waals surface area (Å²) < 4.78 is 63.5. The number of phenols is 1. The number of ketones is 1. The highest BCUT2D eigenvalue weighted by Gasteiger charge is 2.27. The lowest BCUT2D eigenvalue weighted by atomic mass is 9.99. The van der Waals surface area contributed by atoms with E-state index in [1.807, 2.05) is 0 Å². The molecule has 40 heavy (non-hydrogen) atoms. The Kier molecular flexibility index (Phi) is 6.78. The molecule has 0 aliphatic heterocycles. The van der Waals surface area contributed by atoms with Gasteiger partial charge in [0.2, 0.25) is 5.78 Å². The van der Waals surface area contributed by atoms with E-state index in [9.17, 15) is 27.5 Å². The summed E-state index contributed by atoms with van der Waals surface area (Å²) in [4.78, 5) is 31.2. The number of aromatic amines is 1. The van der Waals surface area contributed by atoms with Crippen molar-refractivity contribution in [3.63, 3.8) is 0 Å². The summed E-state index contributed by atoms with van der Waals surface area (Å²) in [6, 6.07) is 13.2. The zero-order valence-electron chi connectivity index (χ0n) is 20.6. The number of hydrogen-bond acceptors (Lipinski definition) is 7. The zero-order chi connectivity index (χ0) is 28.6. The van der Waals surface area contributed by atoms with Crippen LogP contribution in [0.1, 0.15) is 26.3 Å². The molecule has 0 aliphatic rings. The number of hydrogen-bond donors (Lipinski definition) is 3. The Labute approximate surface area is 226 Å². The first-order chi connectivity index (χ1) is 19.1. The van der Waals surface area contributed by atoms with Crippen molar-refractivity contribution in [3.05, 3.63) is 101 Å². The van der Waals surface area contributed by atoms with E-state index < -0.39 is 38.7 Å². The van der Waals surface area contributed by atoms with Crippen LogP contribution in [0.4, 0.5) is 14.5 Å². The number of ether oxygens (including phenoxy) is 1. The predicted molar refractivity (Wildman–Crippen MR) is 142 cm³/mol. The van der Waals surface area contributed by atoms with E-state index in [0.717, 1.165) is 12.1 Å². The standard InChI is InChI=1S/C28H19F2N3O6S/c1-39-23-4-2-3-5-24(23)40(37,38)33-21-9-8-20(29)25(26(21)30)27(36)19-13-32-28-18(19)10-17(12-31-28)15-6-7-16(14-34)22(35)11-15/h2-14,33,35H,1H3,(H,31,32). The van der Waals surface area contributed by atoms with Crippen molar-refractivity contribution in [2.24, 2.45) is 0 Å². The Bertz CT molecular complexity index is 1920. The number of aldehydes is 1. The van der Waals surface area contributed by atoms with Crippen LogP contribution >= 0.6 is 0 Å². The van der Waals surface area contributed by atoms with Crippen LogP contribution in [0, 0.1) is 11.6 Å². The van der Waals surface area contributed by atoms with Crippen molar-refractivity contribution >= 4 is 38.8 Å². The number of rotatable bonds is 8. The van der Waals surface area contributed by atoms with Gasteiger partial charge in [-0.2, -0.15) is 0 Å². The third-order valence-electron chi connectivity index (χ3n) is 6.19. The van der Waals surface area contributed by atoms with Crippen LogP contribution in [-0.2, 0) is 10.0 Å². The quantitative estimate of drug-likeness (QED) is 0.177. The number of aromatic hydroxyl groups is 1. The first-order valence-corrected chi connectivity index (χ1v) is 13.1. The van der Waals surface area contributed by atoms with Crippen LogP contribution in [0.2, 0.25) is 0 Å². The first-order valence-electron chi connectivity index (χ1n) is 11.6. The van der Waals surface area contributed by atoms with E-state index in [0.29, 0.717) is 17.4 Å². The molecule has 2 heterocycles. The summed E-state index contributed by atoms with van der Waals surface area (Å²) in [7, 11) is -3.10. The number of nitrogens with zero attached hydrogens (tertiary/aromatic N) is 1. The molecular weight excluding hydrogens is 544 g/mol. The second-order valence-electron chi connectivity index (χ2n) is 8.58.